The van der Waals surface area contributed by atoms with Crippen molar-refractivity contribution in [3.63, 3.8) is 0 Å². The molecule has 2 aromatic rings. The van der Waals surface area contributed by atoms with Crippen LogP contribution in [0, 0.1) is 5.41 Å². The van der Waals surface area contributed by atoms with Crippen LogP contribution in [-0.4, -0.2) is 12.6 Å². The van der Waals surface area contributed by atoms with Crippen molar-refractivity contribution in [3.8, 4) is 0 Å². The first-order valence-corrected chi connectivity index (χ1v) is 7.70. The Balaban J connectivity index is 2.10. The molecule has 0 saturated carbocycles. The van der Waals surface area contributed by atoms with E-state index < -0.39 is 0 Å². The predicted molar refractivity (Wildman–Crippen MR) is 86.5 cm³/mol. The number of aryl methyl sites for hydroxylation is 1. The van der Waals surface area contributed by atoms with Gasteiger partial charge in [-0.25, -0.2) is 0 Å². The van der Waals surface area contributed by atoms with Crippen LogP contribution in [-0.2, 0) is 6.42 Å². The lowest BCUT2D eigenvalue weighted by Gasteiger charge is -2.31. The largest absolute Gasteiger partial charge is 0.460 e. The highest BCUT2D eigenvalue weighted by atomic mass is 35.5. The summed E-state index contributed by atoms with van der Waals surface area (Å²) in [5.41, 5.74) is 1.06. The van der Waals surface area contributed by atoms with E-state index in [-0.39, 0.29) is 5.41 Å². The number of rotatable bonds is 5. The Bertz CT molecular complexity index is 568. The quantitative estimate of drug-likeness (QED) is 0.835. The smallest absolute Gasteiger partial charge is 0.152 e. The Morgan fingerprint density at radius 1 is 1.30 bits per heavy atom. The summed E-state index contributed by atoms with van der Waals surface area (Å²) in [6.07, 6.45) is 1.99. The van der Waals surface area contributed by atoms with Crippen LogP contribution in [0.4, 0.5) is 0 Å². The maximum atomic E-state index is 6.15. The van der Waals surface area contributed by atoms with Gasteiger partial charge in [0, 0.05) is 17.8 Å². The summed E-state index contributed by atoms with van der Waals surface area (Å²) in [7, 11) is 0. The van der Waals surface area contributed by atoms with Gasteiger partial charge in [0.1, 0.15) is 5.76 Å². The van der Waals surface area contributed by atoms with Gasteiger partial charge in [-0.1, -0.05) is 51.4 Å². The minimum atomic E-state index is 0.250. The van der Waals surface area contributed by atoms with Gasteiger partial charge >= 0.3 is 0 Å². The maximum absolute atomic E-state index is 6.15. The SMILES string of the molecule is CCNC(CCc1cc2cccc(Cl)c2o1)C(C)(C)C. The number of benzene rings is 1. The highest BCUT2D eigenvalue weighted by molar-refractivity contribution is 6.34. The average molecular weight is 294 g/mol. The zero-order chi connectivity index (χ0) is 14.8. The van der Waals surface area contributed by atoms with Crippen LogP contribution in [0.5, 0.6) is 0 Å². The lowest BCUT2D eigenvalue weighted by molar-refractivity contribution is 0.255. The van der Waals surface area contributed by atoms with Crippen molar-refractivity contribution >= 4 is 22.6 Å². The molecule has 2 rings (SSSR count). The number of halogens is 1. The fourth-order valence-electron chi connectivity index (χ4n) is 2.58. The summed E-state index contributed by atoms with van der Waals surface area (Å²) >= 11 is 6.15. The first kappa shape index (κ1) is 15.4. The van der Waals surface area contributed by atoms with E-state index in [0.717, 1.165) is 36.1 Å². The molecule has 2 nitrogen and oxygen atoms in total. The van der Waals surface area contributed by atoms with Crippen LogP contribution < -0.4 is 5.32 Å². The number of nitrogens with one attached hydrogen (secondary N) is 1. The van der Waals surface area contributed by atoms with Crippen molar-refractivity contribution in [2.24, 2.45) is 5.41 Å². The van der Waals surface area contributed by atoms with Gasteiger partial charge in [0.15, 0.2) is 5.58 Å². The number of furan rings is 1. The van der Waals surface area contributed by atoms with E-state index in [2.05, 4.69) is 39.1 Å². The second-order valence-corrected chi connectivity index (χ2v) is 6.79. The van der Waals surface area contributed by atoms with Crippen LogP contribution in [0.1, 0.15) is 39.9 Å². The number of hydrogen-bond donors (Lipinski definition) is 1. The Morgan fingerprint density at radius 2 is 2.05 bits per heavy atom. The molecule has 20 heavy (non-hydrogen) atoms. The normalized spacial score (nSPS) is 13.8. The maximum Gasteiger partial charge on any atom is 0.152 e. The third-order valence-electron chi connectivity index (χ3n) is 3.72. The van der Waals surface area contributed by atoms with Gasteiger partial charge in [-0.2, -0.15) is 0 Å². The summed E-state index contributed by atoms with van der Waals surface area (Å²) in [4.78, 5) is 0. The van der Waals surface area contributed by atoms with Gasteiger partial charge in [0.05, 0.1) is 5.02 Å². The molecule has 1 aromatic carbocycles. The molecule has 0 radical (unpaired) electrons. The molecule has 1 atom stereocenters. The lowest BCUT2D eigenvalue weighted by Crippen LogP contribution is -2.40. The summed E-state index contributed by atoms with van der Waals surface area (Å²) in [6, 6.07) is 8.46. The van der Waals surface area contributed by atoms with E-state index in [1.807, 2.05) is 18.2 Å². The van der Waals surface area contributed by atoms with E-state index >= 15 is 0 Å². The molecule has 0 fully saturated rings. The van der Waals surface area contributed by atoms with Crippen LogP contribution in [0.15, 0.2) is 28.7 Å². The van der Waals surface area contributed by atoms with Crippen molar-refractivity contribution in [2.45, 2.75) is 46.6 Å². The summed E-state index contributed by atoms with van der Waals surface area (Å²) in [6.45, 7) is 9.97. The van der Waals surface area contributed by atoms with Crippen molar-refractivity contribution in [1.82, 2.24) is 5.32 Å². The molecule has 0 aliphatic rings. The van der Waals surface area contributed by atoms with E-state index in [9.17, 15) is 0 Å². The Morgan fingerprint density at radius 3 is 2.65 bits per heavy atom. The molecule has 0 aliphatic carbocycles. The highest BCUT2D eigenvalue weighted by Gasteiger charge is 2.23. The zero-order valence-electron chi connectivity index (χ0n) is 12.8. The van der Waals surface area contributed by atoms with Gasteiger partial charge in [0.25, 0.3) is 0 Å². The molecule has 0 spiro atoms. The van der Waals surface area contributed by atoms with Crippen LogP contribution in [0.3, 0.4) is 0 Å². The predicted octanol–water partition coefficient (Wildman–Crippen LogP) is 5.04. The van der Waals surface area contributed by atoms with Gasteiger partial charge in [0.2, 0.25) is 0 Å². The van der Waals surface area contributed by atoms with E-state index in [1.165, 1.54) is 0 Å². The minimum Gasteiger partial charge on any atom is -0.460 e. The Labute approximate surface area is 126 Å². The van der Waals surface area contributed by atoms with Crippen molar-refractivity contribution in [3.05, 3.63) is 35.0 Å². The second kappa shape index (κ2) is 6.19. The molecule has 3 heteroatoms. The van der Waals surface area contributed by atoms with Crippen molar-refractivity contribution in [1.29, 1.82) is 0 Å². The molecular formula is C17H24ClNO. The average Bonchev–Trinajstić information content (AvgIpc) is 2.77. The van der Waals surface area contributed by atoms with E-state index in [1.54, 1.807) is 0 Å². The standard InChI is InChI=1S/C17H24ClNO/c1-5-19-15(17(2,3)4)10-9-13-11-12-7-6-8-14(18)16(12)20-13/h6-8,11,15,19H,5,9-10H2,1-4H3. The fraction of sp³-hybridized carbons (Fsp3) is 0.529. The molecule has 1 unspecified atom stereocenters. The third-order valence-corrected chi connectivity index (χ3v) is 4.02. The highest BCUT2D eigenvalue weighted by Crippen LogP contribution is 2.29. The van der Waals surface area contributed by atoms with Crippen LogP contribution >= 0.6 is 11.6 Å². The van der Waals surface area contributed by atoms with Crippen LogP contribution in [0.2, 0.25) is 5.02 Å². The van der Waals surface area contributed by atoms with Crippen molar-refractivity contribution in [2.75, 3.05) is 6.54 Å². The number of fused-ring (bicyclic) bond motifs is 1. The Kier molecular flexibility index (Phi) is 4.77. The summed E-state index contributed by atoms with van der Waals surface area (Å²) in [5, 5.41) is 5.34. The number of para-hydroxylation sites is 1. The molecule has 0 saturated heterocycles. The lowest BCUT2D eigenvalue weighted by atomic mass is 9.84. The fourth-order valence-corrected chi connectivity index (χ4v) is 2.80. The van der Waals surface area contributed by atoms with E-state index in [4.69, 9.17) is 16.0 Å². The Hall–Kier alpha value is -0.990. The van der Waals surface area contributed by atoms with E-state index in [0.29, 0.717) is 11.1 Å². The van der Waals surface area contributed by atoms with Crippen LogP contribution in [0.25, 0.3) is 11.0 Å². The first-order valence-electron chi connectivity index (χ1n) is 7.32. The molecule has 0 amide bonds. The van der Waals surface area contributed by atoms with Gasteiger partial charge in [-0.15, -0.1) is 0 Å². The van der Waals surface area contributed by atoms with Crippen molar-refractivity contribution < 1.29 is 4.42 Å². The topological polar surface area (TPSA) is 25.2 Å². The second-order valence-electron chi connectivity index (χ2n) is 6.39. The molecule has 110 valence electrons. The third kappa shape index (κ3) is 3.56. The molecule has 1 N–H and O–H groups in total. The van der Waals surface area contributed by atoms with Gasteiger partial charge in [-0.05, 0) is 30.5 Å². The number of hydrogen-bond acceptors (Lipinski definition) is 2. The van der Waals surface area contributed by atoms with Gasteiger partial charge < -0.3 is 9.73 Å². The molecule has 1 aromatic heterocycles. The summed E-state index contributed by atoms with van der Waals surface area (Å²) < 4.78 is 5.88. The van der Waals surface area contributed by atoms with Gasteiger partial charge in [-0.3, -0.25) is 0 Å². The monoisotopic (exact) mass is 293 g/mol. The molecular weight excluding hydrogens is 270 g/mol. The molecule has 1 heterocycles. The first-order chi connectivity index (χ1) is 9.41. The zero-order valence-corrected chi connectivity index (χ0v) is 13.6. The molecule has 0 aliphatic heterocycles. The summed E-state index contributed by atoms with van der Waals surface area (Å²) in [5.74, 6) is 1.01. The minimum absolute atomic E-state index is 0.250. The molecule has 0 bridgehead atoms.